The zero-order valence-corrected chi connectivity index (χ0v) is 15.3. The Morgan fingerprint density at radius 1 is 1.13 bits per heavy atom. The van der Waals surface area contributed by atoms with Crippen LogP contribution in [0.25, 0.3) is 11.3 Å². The lowest BCUT2D eigenvalue weighted by molar-refractivity contribution is -0.116. The van der Waals surface area contributed by atoms with Gasteiger partial charge in [-0.2, -0.15) is 0 Å². The van der Waals surface area contributed by atoms with Crippen LogP contribution in [0.5, 0.6) is 0 Å². The zero-order chi connectivity index (χ0) is 16.8. The number of amides is 1. The number of nitrogens with zero attached hydrogens (tertiary/aromatic N) is 1. The minimum absolute atomic E-state index is 0.0688. The Bertz CT molecular complexity index is 653. The number of thiazole rings is 1. The van der Waals surface area contributed by atoms with Crippen LogP contribution in [0.1, 0.15) is 55.7 Å². The van der Waals surface area contributed by atoms with E-state index in [0.29, 0.717) is 11.6 Å². The summed E-state index contributed by atoms with van der Waals surface area (Å²) in [5.74, 6) is 0.0688. The standard InChI is InChI=1S/C19H26N2OS/c1-5-6-7-8-9-17(22)21-19-20-16(12-23-19)18-14(3)10-13(2)11-15(18)4/h10-12H,5-9H2,1-4H3,(H,20,21,22). The molecule has 0 saturated heterocycles. The van der Waals surface area contributed by atoms with Crippen LogP contribution in [0.4, 0.5) is 5.13 Å². The van der Waals surface area contributed by atoms with Crippen LogP contribution in [0.15, 0.2) is 17.5 Å². The van der Waals surface area contributed by atoms with Crippen LogP contribution in [-0.2, 0) is 4.79 Å². The number of hydrogen-bond acceptors (Lipinski definition) is 3. The minimum Gasteiger partial charge on any atom is -0.302 e. The minimum atomic E-state index is 0.0688. The highest BCUT2D eigenvalue weighted by atomic mass is 32.1. The molecule has 1 N–H and O–H groups in total. The summed E-state index contributed by atoms with van der Waals surface area (Å²) in [6.45, 7) is 8.50. The third-order valence-electron chi connectivity index (χ3n) is 3.94. The fraction of sp³-hybridized carbons (Fsp3) is 0.474. The molecule has 0 aliphatic rings. The SMILES string of the molecule is CCCCCCC(=O)Nc1nc(-c2c(C)cc(C)cc2C)cs1. The predicted molar refractivity (Wildman–Crippen MR) is 99.1 cm³/mol. The maximum atomic E-state index is 12.0. The highest BCUT2D eigenvalue weighted by molar-refractivity contribution is 7.14. The van der Waals surface area contributed by atoms with Crippen LogP contribution in [-0.4, -0.2) is 10.9 Å². The summed E-state index contributed by atoms with van der Waals surface area (Å²) in [6.07, 6.45) is 5.04. The molecule has 0 unspecified atom stereocenters. The Morgan fingerprint density at radius 3 is 2.48 bits per heavy atom. The van der Waals surface area contributed by atoms with Crippen LogP contribution in [0.3, 0.4) is 0 Å². The average molecular weight is 330 g/mol. The van der Waals surface area contributed by atoms with Crippen molar-refractivity contribution in [1.29, 1.82) is 0 Å². The molecule has 0 aliphatic carbocycles. The van der Waals surface area contributed by atoms with E-state index in [1.54, 1.807) is 0 Å². The van der Waals surface area contributed by atoms with E-state index in [-0.39, 0.29) is 5.91 Å². The van der Waals surface area contributed by atoms with Crippen molar-refractivity contribution in [1.82, 2.24) is 4.98 Å². The first-order valence-electron chi connectivity index (χ1n) is 8.35. The summed E-state index contributed by atoms with van der Waals surface area (Å²) in [7, 11) is 0. The predicted octanol–water partition coefficient (Wildman–Crippen LogP) is 5.64. The lowest BCUT2D eigenvalue weighted by Crippen LogP contribution is -2.10. The summed E-state index contributed by atoms with van der Waals surface area (Å²) in [6, 6.07) is 4.35. The average Bonchev–Trinajstić information content (AvgIpc) is 2.90. The molecule has 0 saturated carbocycles. The highest BCUT2D eigenvalue weighted by Gasteiger charge is 2.12. The molecule has 1 aromatic carbocycles. The van der Waals surface area contributed by atoms with Crippen molar-refractivity contribution < 1.29 is 4.79 Å². The molecule has 3 nitrogen and oxygen atoms in total. The van der Waals surface area contributed by atoms with Crippen LogP contribution in [0.2, 0.25) is 0 Å². The second-order valence-electron chi connectivity index (χ2n) is 6.17. The van der Waals surface area contributed by atoms with Crippen molar-refractivity contribution >= 4 is 22.4 Å². The van der Waals surface area contributed by atoms with Gasteiger partial charge in [0.1, 0.15) is 0 Å². The number of aryl methyl sites for hydroxylation is 3. The number of benzene rings is 1. The number of rotatable bonds is 7. The summed E-state index contributed by atoms with van der Waals surface area (Å²) in [4.78, 5) is 16.6. The number of anilines is 1. The molecule has 0 atom stereocenters. The van der Waals surface area contributed by atoms with Crippen molar-refractivity contribution in [3.8, 4) is 11.3 Å². The molecule has 1 amide bonds. The van der Waals surface area contributed by atoms with Gasteiger partial charge in [0.15, 0.2) is 5.13 Å². The summed E-state index contributed by atoms with van der Waals surface area (Å²) in [5.41, 5.74) is 5.84. The lowest BCUT2D eigenvalue weighted by atomic mass is 9.98. The Labute approximate surface area is 143 Å². The number of carbonyl (C=O) groups excluding carboxylic acids is 1. The Morgan fingerprint density at radius 2 is 1.83 bits per heavy atom. The van der Waals surface area contributed by atoms with E-state index >= 15 is 0 Å². The van der Waals surface area contributed by atoms with E-state index in [4.69, 9.17) is 0 Å². The molecule has 0 spiro atoms. The van der Waals surface area contributed by atoms with E-state index in [1.165, 1.54) is 46.4 Å². The van der Waals surface area contributed by atoms with Crippen LogP contribution in [0, 0.1) is 20.8 Å². The van der Waals surface area contributed by atoms with Gasteiger partial charge in [-0.05, 0) is 38.3 Å². The molecule has 124 valence electrons. The molecular weight excluding hydrogens is 304 g/mol. The number of carbonyl (C=O) groups is 1. The summed E-state index contributed by atoms with van der Waals surface area (Å²) in [5, 5.41) is 5.65. The fourth-order valence-electron chi connectivity index (χ4n) is 2.92. The van der Waals surface area contributed by atoms with Gasteiger partial charge in [-0.3, -0.25) is 4.79 Å². The summed E-state index contributed by atoms with van der Waals surface area (Å²) < 4.78 is 0. The van der Waals surface area contributed by atoms with Gasteiger partial charge in [0.05, 0.1) is 5.69 Å². The number of nitrogens with one attached hydrogen (secondary N) is 1. The largest absolute Gasteiger partial charge is 0.302 e. The van der Waals surface area contributed by atoms with Gasteiger partial charge in [-0.25, -0.2) is 4.98 Å². The van der Waals surface area contributed by atoms with Crippen molar-refractivity contribution in [2.45, 2.75) is 59.8 Å². The molecule has 0 bridgehead atoms. The lowest BCUT2D eigenvalue weighted by Gasteiger charge is -2.08. The maximum Gasteiger partial charge on any atom is 0.226 e. The second kappa shape index (κ2) is 8.25. The molecule has 1 aromatic heterocycles. The second-order valence-corrected chi connectivity index (χ2v) is 7.03. The van der Waals surface area contributed by atoms with Gasteiger partial charge in [-0.1, -0.05) is 43.9 Å². The van der Waals surface area contributed by atoms with Crippen molar-refractivity contribution in [2.75, 3.05) is 5.32 Å². The normalized spacial score (nSPS) is 10.8. The van der Waals surface area contributed by atoms with E-state index in [0.717, 1.165) is 18.5 Å². The zero-order valence-electron chi connectivity index (χ0n) is 14.5. The molecule has 4 heteroatoms. The first-order chi connectivity index (χ1) is 11.0. The monoisotopic (exact) mass is 330 g/mol. The fourth-order valence-corrected chi connectivity index (χ4v) is 3.64. The third-order valence-corrected chi connectivity index (χ3v) is 4.70. The van der Waals surface area contributed by atoms with E-state index in [9.17, 15) is 4.79 Å². The van der Waals surface area contributed by atoms with E-state index < -0.39 is 0 Å². The van der Waals surface area contributed by atoms with Gasteiger partial charge in [0.25, 0.3) is 0 Å². The Kier molecular flexibility index (Phi) is 6.34. The summed E-state index contributed by atoms with van der Waals surface area (Å²) >= 11 is 1.49. The van der Waals surface area contributed by atoms with Gasteiger partial charge in [0.2, 0.25) is 5.91 Å². The number of unbranched alkanes of at least 4 members (excludes halogenated alkanes) is 3. The Balaban J connectivity index is 2.02. The first-order valence-corrected chi connectivity index (χ1v) is 9.22. The van der Waals surface area contributed by atoms with E-state index in [2.05, 4.69) is 50.1 Å². The molecule has 2 rings (SSSR count). The molecule has 23 heavy (non-hydrogen) atoms. The van der Waals surface area contributed by atoms with Crippen molar-refractivity contribution in [2.24, 2.45) is 0 Å². The highest BCUT2D eigenvalue weighted by Crippen LogP contribution is 2.31. The number of aromatic nitrogens is 1. The molecule has 0 radical (unpaired) electrons. The van der Waals surface area contributed by atoms with Crippen molar-refractivity contribution in [3.05, 3.63) is 34.2 Å². The maximum absolute atomic E-state index is 12.0. The first kappa shape index (κ1) is 17.7. The third kappa shape index (κ3) is 4.90. The molecule has 0 fully saturated rings. The molecule has 0 aliphatic heterocycles. The van der Waals surface area contributed by atoms with Crippen molar-refractivity contribution in [3.63, 3.8) is 0 Å². The quantitative estimate of drug-likeness (QED) is 0.667. The number of hydrogen-bond donors (Lipinski definition) is 1. The molecular formula is C19H26N2OS. The van der Waals surface area contributed by atoms with E-state index in [1.807, 2.05) is 5.38 Å². The topological polar surface area (TPSA) is 42.0 Å². The van der Waals surface area contributed by atoms with Crippen LogP contribution < -0.4 is 5.32 Å². The van der Waals surface area contributed by atoms with Gasteiger partial charge >= 0.3 is 0 Å². The van der Waals surface area contributed by atoms with Crippen LogP contribution >= 0.6 is 11.3 Å². The van der Waals surface area contributed by atoms with Gasteiger partial charge in [-0.15, -0.1) is 11.3 Å². The molecule has 1 heterocycles. The van der Waals surface area contributed by atoms with Gasteiger partial charge < -0.3 is 5.32 Å². The Hall–Kier alpha value is -1.68. The smallest absolute Gasteiger partial charge is 0.226 e. The molecule has 2 aromatic rings. The van der Waals surface area contributed by atoms with Gasteiger partial charge in [0, 0.05) is 17.4 Å².